The largest absolute Gasteiger partial charge is 0.493 e. The number of hydrogen-bond acceptors (Lipinski definition) is 8. The molecule has 0 radical (unpaired) electrons. The van der Waals surface area contributed by atoms with Crippen molar-refractivity contribution >= 4 is 53.9 Å². The molecule has 0 amide bonds. The molecule has 0 atom stereocenters. The Balaban J connectivity index is 2.04. The molecule has 0 unspecified atom stereocenters. The third-order valence-electron chi connectivity index (χ3n) is 8.00. The van der Waals surface area contributed by atoms with Gasteiger partial charge in [0.05, 0.1) is 56.9 Å². The van der Waals surface area contributed by atoms with Gasteiger partial charge < -0.3 is 37.9 Å². The van der Waals surface area contributed by atoms with Crippen molar-refractivity contribution in [3.63, 3.8) is 0 Å². The fourth-order valence-electron chi connectivity index (χ4n) is 6.06. The van der Waals surface area contributed by atoms with Gasteiger partial charge in [-0.15, -0.1) is 0 Å². The first-order valence-corrected chi connectivity index (χ1v) is 13.3. The average molecular weight is 569 g/mol. The predicted octanol–water partition coefficient (Wildman–Crippen LogP) is 7.52. The molecule has 0 fully saturated rings. The van der Waals surface area contributed by atoms with Gasteiger partial charge in [0.1, 0.15) is 0 Å². The molecule has 0 aliphatic carbocycles. The van der Waals surface area contributed by atoms with Gasteiger partial charge in [0.2, 0.25) is 0 Å². The molecule has 6 aromatic rings. The highest BCUT2D eigenvalue weighted by Gasteiger charge is 2.23. The van der Waals surface area contributed by atoms with Crippen LogP contribution in [0.2, 0.25) is 0 Å². The van der Waals surface area contributed by atoms with Crippen LogP contribution in [0.25, 0.3) is 53.9 Å². The Morgan fingerprint density at radius 3 is 0.524 bits per heavy atom. The second-order valence-electron chi connectivity index (χ2n) is 9.76. The molecule has 42 heavy (non-hydrogen) atoms. The highest BCUT2D eigenvalue weighted by Crippen LogP contribution is 2.51. The van der Waals surface area contributed by atoms with Crippen molar-refractivity contribution in [1.29, 1.82) is 0 Å². The lowest BCUT2D eigenvalue weighted by atomic mass is 9.86. The molecule has 0 bridgehead atoms. The Morgan fingerprint density at radius 2 is 0.381 bits per heavy atom. The molecule has 216 valence electrons. The van der Waals surface area contributed by atoms with E-state index in [1.807, 2.05) is 48.5 Å². The fourth-order valence-corrected chi connectivity index (χ4v) is 6.06. The molecule has 6 rings (SSSR count). The SMILES string of the molecule is COc1cc2c3cc(OC)c(OC)cc3c3c4cc(OC)c(OC)cc4c4cc(OC)c(OC)cc4c3c2cc1OC. The second-order valence-corrected chi connectivity index (χ2v) is 9.76. The first-order valence-electron chi connectivity index (χ1n) is 13.3. The van der Waals surface area contributed by atoms with Gasteiger partial charge in [-0.3, -0.25) is 0 Å². The summed E-state index contributed by atoms with van der Waals surface area (Å²) in [5.74, 6) is 4.96. The number of rotatable bonds is 8. The van der Waals surface area contributed by atoms with Crippen LogP contribution in [0.5, 0.6) is 46.0 Å². The van der Waals surface area contributed by atoms with Crippen LogP contribution < -0.4 is 37.9 Å². The molecular weight excluding hydrogens is 536 g/mol. The van der Waals surface area contributed by atoms with Crippen LogP contribution in [-0.2, 0) is 0 Å². The normalized spacial score (nSPS) is 11.3. The van der Waals surface area contributed by atoms with E-state index in [2.05, 4.69) is 0 Å². The van der Waals surface area contributed by atoms with Crippen molar-refractivity contribution in [3.8, 4) is 46.0 Å². The molecule has 0 saturated heterocycles. The van der Waals surface area contributed by atoms with E-state index in [0.717, 1.165) is 53.9 Å². The standard InChI is InChI=1S/C34H32O8/c1-35-25-9-17-18-10-26(36-2)30(40-6)14-22(18)34-24-16-32(42-8)28(38-4)12-20(24)19-11-27(37-3)31(41-7)15-23(19)33(34)21(17)13-29(25)39-5/h9-16H,1-8H3. The van der Waals surface area contributed by atoms with Gasteiger partial charge in [0, 0.05) is 0 Å². The summed E-state index contributed by atoms with van der Waals surface area (Å²) in [6.45, 7) is 0. The zero-order chi connectivity index (χ0) is 29.7. The van der Waals surface area contributed by atoms with Gasteiger partial charge >= 0.3 is 0 Å². The first kappa shape index (κ1) is 27.2. The van der Waals surface area contributed by atoms with Crippen LogP contribution in [0.3, 0.4) is 0 Å². The monoisotopic (exact) mass is 568 g/mol. The van der Waals surface area contributed by atoms with Gasteiger partial charge in [-0.1, -0.05) is 0 Å². The summed E-state index contributed by atoms with van der Waals surface area (Å²) in [6, 6.07) is 16.1. The van der Waals surface area contributed by atoms with E-state index in [1.54, 1.807) is 56.9 Å². The molecule has 0 N–H and O–H groups in total. The molecule has 0 saturated carbocycles. The van der Waals surface area contributed by atoms with Crippen LogP contribution in [0, 0.1) is 0 Å². The lowest BCUT2D eigenvalue weighted by Crippen LogP contribution is -1.97. The van der Waals surface area contributed by atoms with Crippen molar-refractivity contribution in [2.75, 3.05) is 56.9 Å². The van der Waals surface area contributed by atoms with Gasteiger partial charge in [-0.25, -0.2) is 0 Å². The summed E-state index contributed by atoms with van der Waals surface area (Å²) >= 11 is 0. The molecule has 0 aromatic heterocycles. The molecule has 8 heteroatoms. The Labute approximate surface area is 243 Å². The zero-order valence-corrected chi connectivity index (χ0v) is 24.9. The van der Waals surface area contributed by atoms with E-state index in [4.69, 9.17) is 37.9 Å². The molecule has 0 spiro atoms. The van der Waals surface area contributed by atoms with Crippen LogP contribution in [-0.4, -0.2) is 56.9 Å². The lowest BCUT2D eigenvalue weighted by molar-refractivity contribution is 0.355. The number of fused-ring (bicyclic) bond motifs is 11. The third-order valence-corrected chi connectivity index (χ3v) is 8.00. The maximum absolute atomic E-state index is 5.78. The summed E-state index contributed by atoms with van der Waals surface area (Å²) in [4.78, 5) is 0. The first-order chi connectivity index (χ1) is 20.5. The van der Waals surface area contributed by atoms with E-state index >= 15 is 0 Å². The van der Waals surface area contributed by atoms with Gasteiger partial charge in [0.25, 0.3) is 0 Å². The van der Waals surface area contributed by atoms with E-state index in [9.17, 15) is 0 Å². The van der Waals surface area contributed by atoms with E-state index in [0.29, 0.717) is 46.0 Å². The average Bonchev–Trinajstić information content (AvgIpc) is 3.04. The van der Waals surface area contributed by atoms with Crippen molar-refractivity contribution in [3.05, 3.63) is 48.5 Å². The number of hydrogen-bond donors (Lipinski definition) is 0. The van der Waals surface area contributed by atoms with E-state index < -0.39 is 0 Å². The number of methoxy groups -OCH3 is 8. The smallest absolute Gasteiger partial charge is 0.161 e. The molecule has 0 aliphatic heterocycles. The summed E-state index contributed by atoms with van der Waals surface area (Å²) in [6.07, 6.45) is 0. The fraction of sp³-hybridized carbons (Fsp3) is 0.235. The van der Waals surface area contributed by atoms with Crippen LogP contribution in [0.1, 0.15) is 0 Å². The van der Waals surface area contributed by atoms with Crippen LogP contribution in [0.4, 0.5) is 0 Å². The summed E-state index contributed by atoms with van der Waals surface area (Å²) < 4.78 is 46.1. The highest BCUT2D eigenvalue weighted by molar-refractivity contribution is 6.40. The Morgan fingerprint density at radius 1 is 0.238 bits per heavy atom. The minimum absolute atomic E-state index is 0.618. The van der Waals surface area contributed by atoms with Crippen molar-refractivity contribution in [2.45, 2.75) is 0 Å². The Kier molecular flexibility index (Phi) is 6.77. The maximum atomic E-state index is 5.78. The van der Waals surface area contributed by atoms with Gasteiger partial charge in [-0.05, 0) is 102 Å². The Bertz CT molecular complexity index is 1740. The minimum Gasteiger partial charge on any atom is -0.493 e. The van der Waals surface area contributed by atoms with Crippen molar-refractivity contribution in [2.24, 2.45) is 0 Å². The summed E-state index contributed by atoms with van der Waals surface area (Å²) in [5.41, 5.74) is 0. The molecule has 0 aliphatic rings. The van der Waals surface area contributed by atoms with E-state index in [-0.39, 0.29) is 0 Å². The van der Waals surface area contributed by atoms with Crippen molar-refractivity contribution < 1.29 is 37.9 Å². The van der Waals surface area contributed by atoms with E-state index in [1.165, 1.54) is 0 Å². The topological polar surface area (TPSA) is 73.8 Å². The van der Waals surface area contributed by atoms with Gasteiger partial charge in [0.15, 0.2) is 46.0 Å². The second kappa shape index (κ2) is 10.4. The third kappa shape index (κ3) is 3.82. The van der Waals surface area contributed by atoms with Crippen LogP contribution >= 0.6 is 0 Å². The molecule has 6 aromatic carbocycles. The molecule has 8 nitrogen and oxygen atoms in total. The highest BCUT2D eigenvalue weighted by atomic mass is 16.5. The number of ether oxygens (including phenoxy) is 8. The minimum atomic E-state index is 0.618. The summed E-state index contributed by atoms with van der Waals surface area (Å²) in [7, 11) is 13.1. The van der Waals surface area contributed by atoms with Crippen molar-refractivity contribution in [1.82, 2.24) is 0 Å². The zero-order valence-electron chi connectivity index (χ0n) is 24.9. The molecular formula is C34H32O8. The summed E-state index contributed by atoms with van der Waals surface area (Å²) in [5, 5.41) is 9.74. The quantitative estimate of drug-likeness (QED) is 0.175. The molecule has 0 heterocycles. The van der Waals surface area contributed by atoms with Gasteiger partial charge in [-0.2, -0.15) is 0 Å². The Hall–Kier alpha value is -4.98. The van der Waals surface area contributed by atoms with Crippen LogP contribution in [0.15, 0.2) is 48.5 Å². The predicted molar refractivity (Wildman–Crippen MR) is 166 cm³/mol. The lowest BCUT2D eigenvalue weighted by Gasteiger charge is -2.21. The maximum Gasteiger partial charge on any atom is 0.161 e. The number of benzene rings is 6.